The lowest BCUT2D eigenvalue weighted by Crippen LogP contribution is -2.05. The van der Waals surface area contributed by atoms with Gasteiger partial charge in [-0.15, -0.1) is 0 Å². The summed E-state index contributed by atoms with van der Waals surface area (Å²) in [6, 6.07) is 6.04. The van der Waals surface area contributed by atoms with Gasteiger partial charge >= 0.3 is 0 Å². The van der Waals surface area contributed by atoms with Crippen LogP contribution in [0, 0.1) is 31.1 Å². The number of nitriles is 1. The van der Waals surface area contributed by atoms with Crippen molar-refractivity contribution in [2.24, 2.45) is 5.92 Å². The topological polar surface area (TPSA) is 74.7 Å². The van der Waals surface area contributed by atoms with Crippen LogP contribution < -0.4 is 5.32 Å². The van der Waals surface area contributed by atoms with Crippen molar-refractivity contribution >= 4 is 5.82 Å². The summed E-state index contributed by atoms with van der Waals surface area (Å²) in [7, 11) is 0. The van der Waals surface area contributed by atoms with Gasteiger partial charge in [0.05, 0.1) is 17.8 Å². The molecule has 0 fully saturated rings. The lowest BCUT2D eigenvalue weighted by molar-refractivity contribution is 0.378. The molecule has 0 saturated carbocycles. The Kier molecular flexibility index (Phi) is 4.59. The monoisotopic (exact) mass is 284 g/mol. The first-order chi connectivity index (χ1) is 9.99. The second kappa shape index (κ2) is 6.40. The summed E-state index contributed by atoms with van der Waals surface area (Å²) >= 11 is 0. The van der Waals surface area contributed by atoms with Gasteiger partial charge in [0.25, 0.3) is 0 Å². The maximum Gasteiger partial charge on any atom is 0.156 e. The van der Waals surface area contributed by atoms with Crippen molar-refractivity contribution in [3.63, 3.8) is 0 Å². The first-order valence-corrected chi connectivity index (χ1v) is 7.06. The van der Waals surface area contributed by atoms with Gasteiger partial charge in [-0.2, -0.15) is 5.26 Å². The molecule has 0 unspecified atom stereocenters. The average Bonchev–Trinajstić information content (AvgIpc) is 2.82. The van der Waals surface area contributed by atoms with Crippen LogP contribution in [0.25, 0.3) is 0 Å². The smallest absolute Gasteiger partial charge is 0.156 e. The van der Waals surface area contributed by atoms with E-state index in [0.29, 0.717) is 23.8 Å². The van der Waals surface area contributed by atoms with Crippen LogP contribution in [0.4, 0.5) is 5.82 Å². The zero-order chi connectivity index (χ0) is 15.4. The summed E-state index contributed by atoms with van der Waals surface area (Å²) in [6.07, 6.45) is 0.898. The number of pyridine rings is 1. The Balaban J connectivity index is 2.10. The molecule has 5 heteroatoms. The van der Waals surface area contributed by atoms with E-state index in [2.05, 4.69) is 35.4 Å². The molecule has 2 aromatic rings. The van der Waals surface area contributed by atoms with E-state index in [9.17, 15) is 5.26 Å². The van der Waals surface area contributed by atoms with E-state index in [1.807, 2.05) is 26.0 Å². The maximum absolute atomic E-state index is 9.22. The Morgan fingerprint density at radius 3 is 2.76 bits per heavy atom. The Hall–Kier alpha value is -2.35. The van der Waals surface area contributed by atoms with Gasteiger partial charge in [0, 0.05) is 11.8 Å². The number of anilines is 1. The van der Waals surface area contributed by atoms with Crippen LogP contribution in [0.5, 0.6) is 0 Å². The molecular formula is C16H20N4O. The molecule has 1 N–H and O–H groups in total. The first-order valence-electron chi connectivity index (χ1n) is 7.06. The van der Waals surface area contributed by atoms with Gasteiger partial charge in [0.2, 0.25) is 0 Å². The van der Waals surface area contributed by atoms with Crippen molar-refractivity contribution < 1.29 is 4.52 Å². The third-order valence-electron chi connectivity index (χ3n) is 3.11. The van der Waals surface area contributed by atoms with Crippen LogP contribution >= 0.6 is 0 Å². The number of aromatic nitrogens is 2. The van der Waals surface area contributed by atoms with Crippen LogP contribution in [-0.2, 0) is 13.0 Å². The molecule has 0 aliphatic heterocycles. The minimum Gasteiger partial charge on any atom is -0.362 e. The molecule has 0 spiro atoms. The molecule has 2 rings (SSSR count). The van der Waals surface area contributed by atoms with Crippen molar-refractivity contribution in [3.05, 3.63) is 40.4 Å². The molecule has 0 bridgehead atoms. The van der Waals surface area contributed by atoms with Crippen molar-refractivity contribution in [2.75, 3.05) is 5.32 Å². The fourth-order valence-corrected chi connectivity index (χ4v) is 2.23. The summed E-state index contributed by atoms with van der Waals surface area (Å²) in [6.45, 7) is 8.58. The predicted molar refractivity (Wildman–Crippen MR) is 80.8 cm³/mol. The third-order valence-corrected chi connectivity index (χ3v) is 3.11. The van der Waals surface area contributed by atoms with Crippen molar-refractivity contribution in [1.29, 1.82) is 5.26 Å². The molecule has 0 aromatic carbocycles. The lowest BCUT2D eigenvalue weighted by Gasteiger charge is -2.08. The Labute approximate surface area is 125 Å². The van der Waals surface area contributed by atoms with E-state index in [4.69, 9.17) is 4.52 Å². The molecular weight excluding hydrogens is 264 g/mol. The molecule has 21 heavy (non-hydrogen) atoms. The van der Waals surface area contributed by atoms with Crippen molar-refractivity contribution in [3.8, 4) is 6.07 Å². The average molecular weight is 284 g/mol. The highest BCUT2D eigenvalue weighted by Gasteiger charge is 2.10. The number of nitrogens with one attached hydrogen (secondary N) is 1. The van der Waals surface area contributed by atoms with E-state index in [0.717, 1.165) is 29.1 Å². The Morgan fingerprint density at radius 1 is 1.33 bits per heavy atom. The fraction of sp³-hybridized carbons (Fsp3) is 0.438. The van der Waals surface area contributed by atoms with Crippen LogP contribution in [0.2, 0.25) is 0 Å². The lowest BCUT2D eigenvalue weighted by atomic mass is 10.1. The summed E-state index contributed by atoms with van der Waals surface area (Å²) in [5.41, 5.74) is 3.33. The molecule has 2 heterocycles. The molecule has 2 aromatic heterocycles. The first kappa shape index (κ1) is 15.0. The number of aryl methyl sites for hydroxylation is 2. The summed E-state index contributed by atoms with van der Waals surface area (Å²) < 4.78 is 5.30. The van der Waals surface area contributed by atoms with E-state index in [1.165, 1.54) is 0 Å². The molecule has 5 nitrogen and oxygen atoms in total. The standard InChI is InChI=1S/C16H20N4O/c1-10(2)5-13-7-14(21-20-13)9-18-16-15(8-17)11(3)6-12(4)19-16/h6-7,10H,5,9H2,1-4H3,(H,18,19). The quantitative estimate of drug-likeness (QED) is 0.911. The minimum atomic E-state index is 0.468. The maximum atomic E-state index is 9.22. The molecule has 0 amide bonds. The van der Waals surface area contributed by atoms with Gasteiger partial charge in [-0.25, -0.2) is 4.98 Å². The fourth-order valence-electron chi connectivity index (χ4n) is 2.23. The van der Waals surface area contributed by atoms with Crippen molar-refractivity contribution in [1.82, 2.24) is 10.1 Å². The van der Waals surface area contributed by atoms with Gasteiger partial charge < -0.3 is 9.84 Å². The molecule has 0 aliphatic rings. The third kappa shape index (κ3) is 3.82. The predicted octanol–water partition coefficient (Wildman–Crippen LogP) is 3.37. The highest BCUT2D eigenvalue weighted by molar-refractivity contribution is 5.56. The van der Waals surface area contributed by atoms with Gasteiger partial charge in [0.15, 0.2) is 5.76 Å². The molecule has 0 aliphatic carbocycles. The zero-order valence-corrected chi connectivity index (χ0v) is 12.9. The molecule has 0 atom stereocenters. The van der Waals surface area contributed by atoms with Gasteiger partial charge in [-0.1, -0.05) is 19.0 Å². The van der Waals surface area contributed by atoms with Gasteiger partial charge in [-0.05, 0) is 37.8 Å². The second-order valence-corrected chi connectivity index (χ2v) is 5.65. The molecule has 0 radical (unpaired) electrons. The van der Waals surface area contributed by atoms with E-state index < -0.39 is 0 Å². The highest BCUT2D eigenvalue weighted by Crippen LogP contribution is 2.18. The van der Waals surface area contributed by atoms with Crippen LogP contribution in [-0.4, -0.2) is 10.1 Å². The van der Waals surface area contributed by atoms with Crippen LogP contribution in [0.1, 0.15) is 42.1 Å². The Morgan fingerprint density at radius 2 is 2.10 bits per heavy atom. The van der Waals surface area contributed by atoms with Gasteiger partial charge in [-0.3, -0.25) is 0 Å². The Bertz CT molecular complexity index is 667. The molecule has 110 valence electrons. The number of hydrogen-bond donors (Lipinski definition) is 1. The minimum absolute atomic E-state index is 0.468. The zero-order valence-electron chi connectivity index (χ0n) is 12.9. The van der Waals surface area contributed by atoms with E-state index >= 15 is 0 Å². The van der Waals surface area contributed by atoms with Gasteiger partial charge in [0.1, 0.15) is 11.9 Å². The van der Waals surface area contributed by atoms with Crippen molar-refractivity contribution in [2.45, 2.75) is 40.7 Å². The normalized spacial score (nSPS) is 10.7. The SMILES string of the molecule is Cc1cc(C)c(C#N)c(NCc2cc(CC(C)C)no2)n1. The van der Waals surface area contributed by atoms with E-state index in [1.54, 1.807) is 0 Å². The highest BCUT2D eigenvalue weighted by atomic mass is 16.5. The summed E-state index contributed by atoms with van der Waals surface area (Å²) in [5.74, 6) is 1.88. The van der Waals surface area contributed by atoms with Crippen LogP contribution in [0.15, 0.2) is 16.7 Å². The summed E-state index contributed by atoms with van der Waals surface area (Å²) in [5, 5.41) is 16.4. The number of rotatable bonds is 5. The number of hydrogen-bond acceptors (Lipinski definition) is 5. The molecule has 0 saturated heterocycles. The number of nitrogens with zero attached hydrogens (tertiary/aromatic N) is 3. The second-order valence-electron chi connectivity index (χ2n) is 5.65. The summed E-state index contributed by atoms with van der Waals surface area (Å²) in [4.78, 5) is 4.38. The largest absolute Gasteiger partial charge is 0.362 e. The van der Waals surface area contributed by atoms with Crippen LogP contribution in [0.3, 0.4) is 0 Å². The van der Waals surface area contributed by atoms with E-state index in [-0.39, 0.29) is 0 Å².